The van der Waals surface area contributed by atoms with Crippen molar-refractivity contribution in [2.75, 3.05) is 20.6 Å². The van der Waals surface area contributed by atoms with Gasteiger partial charge in [0.05, 0.1) is 11.6 Å². The predicted molar refractivity (Wildman–Crippen MR) is 71.5 cm³/mol. The SMILES string of the molecule is CN(C)CCC(Oc1ccc(C#N)cc1)C1CC1. The fourth-order valence-corrected chi connectivity index (χ4v) is 2.03. The summed E-state index contributed by atoms with van der Waals surface area (Å²) in [5, 5.41) is 8.76. The molecule has 96 valence electrons. The highest BCUT2D eigenvalue weighted by Gasteiger charge is 2.32. The van der Waals surface area contributed by atoms with E-state index in [9.17, 15) is 0 Å². The molecule has 0 amide bonds. The van der Waals surface area contributed by atoms with Gasteiger partial charge in [-0.15, -0.1) is 0 Å². The van der Waals surface area contributed by atoms with Crippen molar-refractivity contribution in [1.82, 2.24) is 4.90 Å². The lowest BCUT2D eigenvalue weighted by molar-refractivity contribution is 0.155. The van der Waals surface area contributed by atoms with Crippen molar-refractivity contribution < 1.29 is 4.74 Å². The molecule has 0 radical (unpaired) electrons. The molecule has 18 heavy (non-hydrogen) atoms. The van der Waals surface area contributed by atoms with E-state index in [0.717, 1.165) is 24.6 Å². The van der Waals surface area contributed by atoms with Gasteiger partial charge in [-0.25, -0.2) is 0 Å². The van der Waals surface area contributed by atoms with Gasteiger partial charge >= 0.3 is 0 Å². The Balaban J connectivity index is 1.93. The third kappa shape index (κ3) is 3.75. The third-order valence-electron chi connectivity index (χ3n) is 3.28. The van der Waals surface area contributed by atoms with E-state index in [1.165, 1.54) is 12.8 Å². The van der Waals surface area contributed by atoms with E-state index >= 15 is 0 Å². The molecule has 1 atom stereocenters. The van der Waals surface area contributed by atoms with Gasteiger partial charge in [0.2, 0.25) is 0 Å². The van der Waals surface area contributed by atoms with Crippen LogP contribution < -0.4 is 4.74 Å². The Morgan fingerprint density at radius 1 is 1.33 bits per heavy atom. The van der Waals surface area contributed by atoms with Crippen LogP contribution in [0.25, 0.3) is 0 Å². The highest BCUT2D eigenvalue weighted by Crippen LogP contribution is 2.36. The zero-order valence-corrected chi connectivity index (χ0v) is 11.1. The molecule has 0 spiro atoms. The van der Waals surface area contributed by atoms with Crippen LogP contribution in [0, 0.1) is 17.2 Å². The number of nitrogens with zero attached hydrogens (tertiary/aromatic N) is 2. The molecule has 2 rings (SSSR count). The fourth-order valence-electron chi connectivity index (χ4n) is 2.03. The van der Waals surface area contributed by atoms with Gasteiger partial charge in [0.1, 0.15) is 11.9 Å². The number of ether oxygens (including phenoxy) is 1. The smallest absolute Gasteiger partial charge is 0.119 e. The minimum absolute atomic E-state index is 0.320. The van der Waals surface area contributed by atoms with Crippen molar-refractivity contribution in [1.29, 1.82) is 5.26 Å². The Hall–Kier alpha value is -1.53. The van der Waals surface area contributed by atoms with Gasteiger partial charge in [-0.2, -0.15) is 5.26 Å². The molecular weight excluding hydrogens is 224 g/mol. The van der Waals surface area contributed by atoms with E-state index in [4.69, 9.17) is 10.00 Å². The number of rotatable bonds is 6. The Labute approximate surface area is 109 Å². The van der Waals surface area contributed by atoms with E-state index in [1.54, 1.807) is 0 Å². The Morgan fingerprint density at radius 2 is 2.00 bits per heavy atom. The summed E-state index contributed by atoms with van der Waals surface area (Å²) < 4.78 is 6.05. The van der Waals surface area contributed by atoms with Crippen molar-refractivity contribution in [3.8, 4) is 11.8 Å². The maximum absolute atomic E-state index is 8.76. The van der Waals surface area contributed by atoms with Crippen molar-refractivity contribution in [2.24, 2.45) is 5.92 Å². The van der Waals surface area contributed by atoms with Gasteiger partial charge < -0.3 is 9.64 Å². The molecule has 0 aliphatic heterocycles. The second-order valence-corrected chi connectivity index (χ2v) is 5.22. The van der Waals surface area contributed by atoms with E-state index < -0.39 is 0 Å². The average Bonchev–Trinajstić information content (AvgIpc) is 3.19. The Morgan fingerprint density at radius 3 is 2.50 bits per heavy atom. The molecular formula is C15H20N2O. The predicted octanol–water partition coefficient (Wildman–Crippen LogP) is 2.67. The second-order valence-electron chi connectivity index (χ2n) is 5.22. The van der Waals surface area contributed by atoms with Gasteiger partial charge in [-0.1, -0.05) is 0 Å². The molecule has 1 saturated carbocycles. The highest BCUT2D eigenvalue weighted by atomic mass is 16.5. The summed E-state index contributed by atoms with van der Waals surface area (Å²) in [6, 6.07) is 9.53. The molecule has 0 bridgehead atoms. The van der Waals surface area contributed by atoms with Crippen LogP contribution in [0.3, 0.4) is 0 Å². The first kappa shape index (κ1) is 12.9. The molecule has 1 fully saturated rings. The zero-order valence-electron chi connectivity index (χ0n) is 11.1. The van der Waals surface area contributed by atoms with Gasteiger partial charge in [0.15, 0.2) is 0 Å². The average molecular weight is 244 g/mol. The fraction of sp³-hybridized carbons (Fsp3) is 0.533. The van der Waals surface area contributed by atoms with Crippen LogP contribution in [0.5, 0.6) is 5.75 Å². The van der Waals surface area contributed by atoms with Crippen LogP contribution >= 0.6 is 0 Å². The topological polar surface area (TPSA) is 36.3 Å². The van der Waals surface area contributed by atoms with Crippen molar-refractivity contribution in [3.05, 3.63) is 29.8 Å². The lowest BCUT2D eigenvalue weighted by Gasteiger charge is -2.20. The first-order chi connectivity index (χ1) is 8.69. The van der Waals surface area contributed by atoms with Crippen LogP contribution in [-0.4, -0.2) is 31.6 Å². The molecule has 0 saturated heterocycles. The summed E-state index contributed by atoms with van der Waals surface area (Å²) in [5.41, 5.74) is 0.679. The summed E-state index contributed by atoms with van der Waals surface area (Å²) in [4.78, 5) is 2.19. The van der Waals surface area contributed by atoms with E-state index in [0.29, 0.717) is 11.7 Å². The van der Waals surface area contributed by atoms with Gasteiger partial charge in [0.25, 0.3) is 0 Å². The minimum Gasteiger partial charge on any atom is -0.490 e. The van der Waals surface area contributed by atoms with Crippen molar-refractivity contribution >= 4 is 0 Å². The monoisotopic (exact) mass is 244 g/mol. The molecule has 0 aromatic heterocycles. The zero-order chi connectivity index (χ0) is 13.0. The molecule has 0 N–H and O–H groups in total. The lowest BCUT2D eigenvalue weighted by atomic mass is 10.1. The van der Waals surface area contributed by atoms with Crippen LogP contribution in [0.15, 0.2) is 24.3 Å². The summed E-state index contributed by atoms with van der Waals surface area (Å²) >= 11 is 0. The Kier molecular flexibility index (Phi) is 4.22. The number of nitriles is 1. The summed E-state index contributed by atoms with van der Waals surface area (Å²) in [6.45, 7) is 1.05. The lowest BCUT2D eigenvalue weighted by Crippen LogP contribution is -2.25. The standard InChI is InChI=1S/C15H20N2O/c1-17(2)10-9-15(13-5-6-13)18-14-7-3-12(11-16)4-8-14/h3-4,7-8,13,15H,5-6,9-10H2,1-2H3. The molecule has 1 unspecified atom stereocenters. The largest absolute Gasteiger partial charge is 0.490 e. The van der Waals surface area contributed by atoms with Crippen LogP contribution in [-0.2, 0) is 0 Å². The van der Waals surface area contributed by atoms with Crippen molar-refractivity contribution in [2.45, 2.75) is 25.4 Å². The Bertz CT molecular complexity index is 415. The van der Waals surface area contributed by atoms with Crippen LogP contribution in [0.1, 0.15) is 24.8 Å². The molecule has 1 aliphatic rings. The quantitative estimate of drug-likeness (QED) is 0.772. The van der Waals surface area contributed by atoms with E-state index in [-0.39, 0.29) is 0 Å². The molecule has 1 aromatic carbocycles. The highest BCUT2D eigenvalue weighted by molar-refractivity contribution is 5.34. The van der Waals surface area contributed by atoms with Gasteiger partial charge in [-0.3, -0.25) is 0 Å². The second kappa shape index (κ2) is 5.88. The van der Waals surface area contributed by atoms with Crippen molar-refractivity contribution in [3.63, 3.8) is 0 Å². The maximum Gasteiger partial charge on any atom is 0.119 e. The number of hydrogen-bond acceptors (Lipinski definition) is 3. The number of benzene rings is 1. The molecule has 1 aliphatic carbocycles. The summed E-state index contributed by atoms with van der Waals surface area (Å²) in [5.74, 6) is 1.60. The molecule has 3 heteroatoms. The summed E-state index contributed by atoms with van der Waals surface area (Å²) in [7, 11) is 4.18. The normalized spacial score (nSPS) is 16.3. The van der Waals surface area contributed by atoms with E-state index in [2.05, 4.69) is 25.1 Å². The molecule has 1 aromatic rings. The summed E-state index contributed by atoms with van der Waals surface area (Å²) in [6.07, 6.45) is 3.96. The molecule has 3 nitrogen and oxygen atoms in total. The van der Waals surface area contributed by atoms with Gasteiger partial charge in [-0.05, 0) is 63.5 Å². The number of hydrogen-bond donors (Lipinski definition) is 0. The minimum atomic E-state index is 0.320. The molecule has 0 heterocycles. The van der Waals surface area contributed by atoms with Crippen LogP contribution in [0.2, 0.25) is 0 Å². The van der Waals surface area contributed by atoms with E-state index in [1.807, 2.05) is 24.3 Å². The first-order valence-corrected chi connectivity index (χ1v) is 6.50. The maximum atomic E-state index is 8.76. The first-order valence-electron chi connectivity index (χ1n) is 6.50. The third-order valence-corrected chi connectivity index (χ3v) is 3.28. The van der Waals surface area contributed by atoms with Crippen LogP contribution in [0.4, 0.5) is 0 Å². The van der Waals surface area contributed by atoms with Gasteiger partial charge in [0, 0.05) is 6.54 Å².